The molecule has 90 valence electrons. The third-order valence-corrected chi connectivity index (χ3v) is 2.94. The number of carbonyl (C=O) groups is 1. The highest BCUT2D eigenvalue weighted by atomic mass is 32.1. The summed E-state index contributed by atoms with van der Waals surface area (Å²) in [4.78, 5) is 11.7. The fourth-order valence-corrected chi connectivity index (χ4v) is 1.78. The molecule has 0 aliphatic rings. The smallest absolute Gasteiger partial charge is 0.282 e. The number of aromatic nitrogens is 2. The molecule has 1 aromatic heterocycles. The molecule has 0 fully saturated rings. The summed E-state index contributed by atoms with van der Waals surface area (Å²) in [5.41, 5.74) is 5.41. The van der Waals surface area contributed by atoms with Crippen LogP contribution in [0.2, 0.25) is 0 Å². The maximum Gasteiger partial charge on any atom is 0.282 e. The van der Waals surface area contributed by atoms with Crippen molar-refractivity contribution in [3.05, 3.63) is 5.01 Å². The van der Waals surface area contributed by atoms with Gasteiger partial charge in [-0.25, -0.2) is 0 Å². The molecular formula is C10H18N4OS. The lowest BCUT2D eigenvalue weighted by Gasteiger charge is -2.13. The largest absolute Gasteiger partial charge is 0.374 e. The predicted molar refractivity (Wildman–Crippen MR) is 65.3 cm³/mol. The zero-order valence-electron chi connectivity index (χ0n) is 9.86. The van der Waals surface area contributed by atoms with E-state index in [1.807, 2.05) is 6.92 Å². The Labute approximate surface area is 99.5 Å². The van der Waals surface area contributed by atoms with E-state index < -0.39 is 0 Å². The fourth-order valence-electron chi connectivity index (χ4n) is 1.27. The zero-order chi connectivity index (χ0) is 12.1. The van der Waals surface area contributed by atoms with Crippen LogP contribution in [0.1, 0.15) is 43.4 Å². The first kappa shape index (κ1) is 12.9. The number of nitrogens with two attached hydrogens (primary N) is 1. The van der Waals surface area contributed by atoms with Crippen LogP contribution in [0.3, 0.4) is 0 Å². The van der Waals surface area contributed by atoms with E-state index in [1.165, 1.54) is 0 Å². The Morgan fingerprint density at radius 2 is 2.06 bits per heavy atom. The topological polar surface area (TPSA) is 80.9 Å². The maximum atomic E-state index is 11.7. The summed E-state index contributed by atoms with van der Waals surface area (Å²) < 4.78 is 0. The Morgan fingerprint density at radius 3 is 2.56 bits per heavy atom. The van der Waals surface area contributed by atoms with Crippen molar-refractivity contribution in [3.8, 4) is 0 Å². The number of hydrogen-bond acceptors (Lipinski definition) is 5. The van der Waals surface area contributed by atoms with Gasteiger partial charge in [0.15, 0.2) is 0 Å². The number of anilines is 1. The van der Waals surface area contributed by atoms with Gasteiger partial charge in [0.25, 0.3) is 5.91 Å². The number of rotatable bonds is 5. The molecule has 1 atom stereocenters. The van der Waals surface area contributed by atoms with Crippen LogP contribution in [0.5, 0.6) is 0 Å². The van der Waals surface area contributed by atoms with E-state index in [0.717, 1.165) is 24.2 Å². The molecule has 5 nitrogen and oxygen atoms in total. The molecule has 1 unspecified atom stereocenters. The fraction of sp³-hybridized carbons (Fsp3) is 0.700. The van der Waals surface area contributed by atoms with Gasteiger partial charge in [0, 0.05) is 6.04 Å². The first-order valence-electron chi connectivity index (χ1n) is 5.39. The molecule has 6 heteroatoms. The summed E-state index contributed by atoms with van der Waals surface area (Å²) in [5.74, 6) is 0.460. The molecule has 0 bridgehead atoms. The van der Waals surface area contributed by atoms with Crippen LogP contribution in [0, 0.1) is 5.92 Å². The van der Waals surface area contributed by atoms with Crippen LogP contribution in [0.4, 0.5) is 5.13 Å². The number of amides is 1. The van der Waals surface area contributed by atoms with Gasteiger partial charge in [0.05, 0.1) is 0 Å². The summed E-state index contributed by atoms with van der Waals surface area (Å²) in [7, 11) is 0. The van der Waals surface area contributed by atoms with Gasteiger partial charge in [0.2, 0.25) is 10.1 Å². The standard InChI is InChI=1S/C10H18N4OS/c1-6(2)4-5-7(3)12-8(15)9-13-14-10(11)16-9/h6-7H,4-5H2,1-3H3,(H2,11,14)(H,12,15). The molecule has 0 saturated carbocycles. The van der Waals surface area contributed by atoms with Crippen LogP contribution in [0.25, 0.3) is 0 Å². The van der Waals surface area contributed by atoms with Gasteiger partial charge >= 0.3 is 0 Å². The molecule has 0 aliphatic heterocycles. The van der Waals surface area contributed by atoms with Gasteiger partial charge in [0.1, 0.15) is 0 Å². The summed E-state index contributed by atoms with van der Waals surface area (Å²) in [5, 5.41) is 10.8. The second-order valence-corrected chi connectivity index (χ2v) is 5.30. The van der Waals surface area contributed by atoms with Crippen molar-refractivity contribution in [2.45, 2.75) is 39.7 Å². The zero-order valence-corrected chi connectivity index (χ0v) is 10.7. The second kappa shape index (κ2) is 5.79. The van der Waals surface area contributed by atoms with Crippen molar-refractivity contribution in [2.75, 3.05) is 5.73 Å². The normalized spacial score (nSPS) is 12.8. The Balaban J connectivity index is 2.39. The Kier molecular flexibility index (Phi) is 4.67. The average Bonchev–Trinajstić information content (AvgIpc) is 2.62. The lowest BCUT2D eigenvalue weighted by atomic mass is 10.0. The highest BCUT2D eigenvalue weighted by molar-refractivity contribution is 7.16. The van der Waals surface area contributed by atoms with Crippen molar-refractivity contribution in [2.24, 2.45) is 5.92 Å². The van der Waals surface area contributed by atoms with Crippen molar-refractivity contribution >= 4 is 22.4 Å². The lowest BCUT2D eigenvalue weighted by molar-refractivity contribution is 0.0936. The van der Waals surface area contributed by atoms with Crippen LogP contribution in [-0.2, 0) is 0 Å². The van der Waals surface area contributed by atoms with E-state index >= 15 is 0 Å². The summed E-state index contributed by atoms with van der Waals surface area (Å²) in [6.07, 6.45) is 2.07. The van der Waals surface area contributed by atoms with Gasteiger partial charge in [-0.05, 0) is 25.7 Å². The number of nitrogens with one attached hydrogen (secondary N) is 1. The van der Waals surface area contributed by atoms with Crippen molar-refractivity contribution in [1.82, 2.24) is 15.5 Å². The van der Waals surface area contributed by atoms with E-state index in [4.69, 9.17) is 5.73 Å². The van der Waals surface area contributed by atoms with Crippen molar-refractivity contribution < 1.29 is 4.79 Å². The molecule has 1 rings (SSSR count). The minimum absolute atomic E-state index is 0.153. The van der Waals surface area contributed by atoms with Crippen LogP contribution in [-0.4, -0.2) is 22.1 Å². The summed E-state index contributed by atoms with van der Waals surface area (Å²) in [6.45, 7) is 6.32. The minimum Gasteiger partial charge on any atom is -0.374 e. The number of carbonyl (C=O) groups excluding carboxylic acids is 1. The first-order chi connectivity index (χ1) is 7.49. The van der Waals surface area contributed by atoms with Gasteiger partial charge in [-0.2, -0.15) is 0 Å². The Morgan fingerprint density at radius 1 is 1.38 bits per heavy atom. The lowest BCUT2D eigenvalue weighted by Crippen LogP contribution is -2.32. The first-order valence-corrected chi connectivity index (χ1v) is 6.20. The average molecular weight is 242 g/mol. The SMILES string of the molecule is CC(C)CCC(C)NC(=O)c1nnc(N)s1. The van der Waals surface area contributed by atoms with E-state index in [9.17, 15) is 4.79 Å². The van der Waals surface area contributed by atoms with Crippen LogP contribution in [0.15, 0.2) is 0 Å². The molecular weight excluding hydrogens is 224 g/mol. The van der Waals surface area contributed by atoms with Crippen LogP contribution >= 0.6 is 11.3 Å². The number of nitrogen functional groups attached to an aromatic ring is 1. The molecule has 16 heavy (non-hydrogen) atoms. The molecule has 0 aromatic carbocycles. The highest BCUT2D eigenvalue weighted by Gasteiger charge is 2.14. The van der Waals surface area contributed by atoms with Crippen molar-refractivity contribution in [1.29, 1.82) is 0 Å². The maximum absolute atomic E-state index is 11.7. The van der Waals surface area contributed by atoms with E-state index in [0.29, 0.717) is 16.1 Å². The Hall–Kier alpha value is -1.17. The summed E-state index contributed by atoms with van der Waals surface area (Å²) >= 11 is 1.11. The Bertz CT molecular complexity index is 350. The quantitative estimate of drug-likeness (QED) is 0.823. The van der Waals surface area contributed by atoms with Gasteiger partial charge < -0.3 is 11.1 Å². The third-order valence-electron chi connectivity index (χ3n) is 2.19. The number of hydrogen-bond donors (Lipinski definition) is 2. The highest BCUT2D eigenvalue weighted by Crippen LogP contribution is 2.12. The molecule has 1 amide bonds. The molecule has 0 saturated heterocycles. The minimum atomic E-state index is -0.189. The van der Waals surface area contributed by atoms with E-state index in [2.05, 4.69) is 29.4 Å². The molecule has 0 aliphatic carbocycles. The molecule has 0 radical (unpaired) electrons. The molecule has 1 aromatic rings. The van der Waals surface area contributed by atoms with Crippen molar-refractivity contribution in [3.63, 3.8) is 0 Å². The second-order valence-electron chi connectivity index (χ2n) is 4.29. The van der Waals surface area contributed by atoms with Gasteiger partial charge in [-0.3, -0.25) is 4.79 Å². The molecule has 3 N–H and O–H groups in total. The summed E-state index contributed by atoms with van der Waals surface area (Å²) in [6, 6.07) is 0.153. The molecule has 0 spiro atoms. The third kappa shape index (κ3) is 4.14. The monoisotopic (exact) mass is 242 g/mol. The molecule has 1 heterocycles. The predicted octanol–water partition coefficient (Wildman–Crippen LogP) is 1.67. The number of nitrogens with zero attached hydrogens (tertiary/aromatic N) is 2. The van der Waals surface area contributed by atoms with Crippen LogP contribution < -0.4 is 11.1 Å². The van der Waals surface area contributed by atoms with E-state index in [1.54, 1.807) is 0 Å². The van der Waals surface area contributed by atoms with Gasteiger partial charge in [-0.15, -0.1) is 10.2 Å². The van der Waals surface area contributed by atoms with Gasteiger partial charge in [-0.1, -0.05) is 25.2 Å². The van der Waals surface area contributed by atoms with E-state index in [-0.39, 0.29) is 11.9 Å².